The van der Waals surface area contributed by atoms with Gasteiger partial charge >= 0.3 is 0 Å². The molecule has 1 amide bonds. The third kappa shape index (κ3) is 2.87. The number of carbonyl (C=O) groups excluding carboxylic acids is 1. The van der Waals surface area contributed by atoms with Gasteiger partial charge < -0.3 is 10.1 Å². The largest absolute Gasteiger partial charge is 0.497 e. The lowest BCUT2D eigenvalue weighted by Gasteiger charge is -2.01. The zero-order chi connectivity index (χ0) is 15.5. The number of rotatable bonds is 3. The number of nitrogens with zero attached hydrogens (tertiary/aromatic N) is 1. The molecule has 1 aliphatic heterocycles. The van der Waals surface area contributed by atoms with E-state index in [4.69, 9.17) is 16.3 Å². The Morgan fingerprint density at radius 2 is 1.86 bits per heavy atom. The predicted octanol–water partition coefficient (Wildman–Crippen LogP) is 3.27. The lowest BCUT2D eigenvalue weighted by atomic mass is 10.2. The van der Waals surface area contributed by atoms with Gasteiger partial charge in [-0.25, -0.2) is 4.99 Å². The van der Waals surface area contributed by atoms with Crippen LogP contribution in [0.4, 0.5) is 0 Å². The van der Waals surface area contributed by atoms with E-state index in [1.54, 1.807) is 19.3 Å². The zero-order valence-electron chi connectivity index (χ0n) is 11.8. The molecular formula is C17H13ClN2O2. The van der Waals surface area contributed by atoms with Gasteiger partial charge in [-0.2, -0.15) is 0 Å². The number of nitrogens with one attached hydrogen (secondary N) is 1. The fourth-order valence-electron chi connectivity index (χ4n) is 2.11. The Balaban J connectivity index is 1.92. The van der Waals surface area contributed by atoms with Crippen LogP contribution in [0.15, 0.2) is 59.2 Å². The third-order valence-electron chi connectivity index (χ3n) is 3.24. The Morgan fingerprint density at radius 3 is 2.55 bits per heavy atom. The van der Waals surface area contributed by atoms with E-state index >= 15 is 0 Å². The van der Waals surface area contributed by atoms with Crippen LogP contribution in [0.2, 0.25) is 5.02 Å². The van der Waals surface area contributed by atoms with Crippen molar-refractivity contribution >= 4 is 29.4 Å². The number of hydrogen-bond acceptors (Lipinski definition) is 3. The SMILES string of the molecule is COc1ccc(/C=C2\N=C(c3ccccc3Cl)NC2=O)cc1. The summed E-state index contributed by atoms with van der Waals surface area (Å²) in [5.41, 5.74) is 1.92. The van der Waals surface area contributed by atoms with Crippen LogP contribution in [0, 0.1) is 0 Å². The lowest BCUT2D eigenvalue weighted by molar-refractivity contribution is -0.115. The van der Waals surface area contributed by atoms with Crippen molar-refractivity contribution in [2.24, 2.45) is 4.99 Å². The lowest BCUT2D eigenvalue weighted by Crippen LogP contribution is -2.24. The summed E-state index contributed by atoms with van der Waals surface area (Å²) in [5, 5.41) is 3.29. The quantitative estimate of drug-likeness (QED) is 0.884. The molecule has 1 heterocycles. The summed E-state index contributed by atoms with van der Waals surface area (Å²) in [7, 11) is 1.61. The van der Waals surface area contributed by atoms with Crippen LogP contribution < -0.4 is 10.1 Å². The number of benzene rings is 2. The summed E-state index contributed by atoms with van der Waals surface area (Å²) in [4.78, 5) is 16.4. The third-order valence-corrected chi connectivity index (χ3v) is 3.57. The molecule has 0 saturated carbocycles. The van der Waals surface area contributed by atoms with Crippen molar-refractivity contribution in [3.05, 3.63) is 70.4 Å². The van der Waals surface area contributed by atoms with Gasteiger partial charge in [-0.05, 0) is 35.9 Å². The molecule has 2 aromatic carbocycles. The summed E-state index contributed by atoms with van der Waals surface area (Å²) in [5.74, 6) is 0.986. The fraction of sp³-hybridized carbons (Fsp3) is 0.0588. The molecule has 1 N–H and O–H groups in total. The van der Waals surface area contributed by atoms with Crippen molar-refractivity contribution in [3.63, 3.8) is 0 Å². The highest BCUT2D eigenvalue weighted by Gasteiger charge is 2.22. The van der Waals surface area contributed by atoms with E-state index in [0.29, 0.717) is 22.1 Å². The summed E-state index contributed by atoms with van der Waals surface area (Å²) >= 11 is 6.13. The van der Waals surface area contributed by atoms with Crippen molar-refractivity contribution < 1.29 is 9.53 Å². The Kier molecular flexibility index (Phi) is 3.94. The van der Waals surface area contributed by atoms with E-state index in [2.05, 4.69) is 10.3 Å². The van der Waals surface area contributed by atoms with Gasteiger partial charge in [0.1, 0.15) is 17.3 Å². The van der Waals surface area contributed by atoms with Crippen LogP contribution in [-0.2, 0) is 4.79 Å². The predicted molar refractivity (Wildman–Crippen MR) is 87.1 cm³/mol. The average molecular weight is 313 g/mol. The number of carbonyl (C=O) groups is 1. The molecule has 0 unspecified atom stereocenters. The van der Waals surface area contributed by atoms with E-state index in [9.17, 15) is 4.79 Å². The molecule has 22 heavy (non-hydrogen) atoms. The molecule has 2 aromatic rings. The minimum Gasteiger partial charge on any atom is -0.497 e. The Bertz CT molecular complexity index is 780. The molecule has 1 aliphatic rings. The van der Waals surface area contributed by atoms with Crippen LogP contribution in [0.3, 0.4) is 0 Å². The van der Waals surface area contributed by atoms with Gasteiger partial charge in [0.25, 0.3) is 5.91 Å². The van der Waals surface area contributed by atoms with Gasteiger partial charge in [-0.15, -0.1) is 0 Å². The summed E-state index contributed by atoms with van der Waals surface area (Å²) in [6.07, 6.45) is 1.72. The van der Waals surface area contributed by atoms with Gasteiger partial charge in [0.15, 0.2) is 0 Å². The van der Waals surface area contributed by atoms with Crippen LogP contribution in [-0.4, -0.2) is 18.9 Å². The van der Waals surface area contributed by atoms with Gasteiger partial charge in [0, 0.05) is 5.56 Å². The summed E-state index contributed by atoms with van der Waals surface area (Å²) < 4.78 is 5.11. The van der Waals surface area contributed by atoms with Gasteiger partial charge in [0.2, 0.25) is 0 Å². The first-order chi connectivity index (χ1) is 10.7. The monoisotopic (exact) mass is 312 g/mol. The van der Waals surface area contributed by atoms with Crippen molar-refractivity contribution in [3.8, 4) is 5.75 Å². The number of halogens is 1. The summed E-state index contributed by atoms with van der Waals surface area (Å²) in [6.45, 7) is 0. The van der Waals surface area contributed by atoms with Crippen LogP contribution in [0.25, 0.3) is 6.08 Å². The standard InChI is InChI=1S/C17H13ClN2O2/c1-22-12-8-6-11(7-9-12)10-15-17(21)20-16(19-15)13-4-2-3-5-14(13)18/h2-10H,1H3,(H,19,20,21)/b15-10-. The van der Waals surface area contributed by atoms with E-state index < -0.39 is 0 Å². The van der Waals surface area contributed by atoms with Gasteiger partial charge in [-0.1, -0.05) is 35.9 Å². The number of methoxy groups -OCH3 is 1. The van der Waals surface area contributed by atoms with E-state index in [-0.39, 0.29) is 5.91 Å². The summed E-state index contributed by atoms with van der Waals surface area (Å²) in [6, 6.07) is 14.6. The van der Waals surface area contributed by atoms with Crippen molar-refractivity contribution in [1.29, 1.82) is 0 Å². The number of amidine groups is 1. The maximum absolute atomic E-state index is 12.0. The van der Waals surface area contributed by atoms with Crippen LogP contribution >= 0.6 is 11.6 Å². The minimum atomic E-state index is -0.245. The Hall–Kier alpha value is -2.59. The fourth-order valence-corrected chi connectivity index (χ4v) is 2.33. The van der Waals surface area contributed by atoms with E-state index in [1.807, 2.05) is 42.5 Å². The number of ether oxygens (including phenoxy) is 1. The molecule has 0 aromatic heterocycles. The molecule has 0 fully saturated rings. The van der Waals surface area contributed by atoms with Crippen molar-refractivity contribution in [2.45, 2.75) is 0 Å². The van der Waals surface area contributed by atoms with E-state index in [0.717, 1.165) is 11.3 Å². The average Bonchev–Trinajstić information content (AvgIpc) is 2.89. The minimum absolute atomic E-state index is 0.245. The normalized spacial score (nSPS) is 15.6. The second-order valence-electron chi connectivity index (χ2n) is 4.70. The smallest absolute Gasteiger partial charge is 0.275 e. The Morgan fingerprint density at radius 1 is 1.14 bits per heavy atom. The van der Waals surface area contributed by atoms with E-state index in [1.165, 1.54) is 0 Å². The first kappa shape index (κ1) is 14.4. The second-order valence-corrected chi connectivity index (χ2v) is 5.10. The highest BCUT2D eigenvalue weighted by Crippen LogP contribution is 2.21. The topological polar surface area (TPSA) is 50.7 Å². The molecule has 0 atom stereocenters. The first-order valence-corrected chi connectivity index (χ1v) is 7.06. The zero-order valence-corrected chi connectivity index (χ0v) is 12.6. The number of aliphatic imine (C=N–C) groups is 1. The molecule has 0 spiro atoms. The molecule has 0 radical (unpaired) electrons. The highest BCUT2D eigenvalue weighted by molar-refractivity contribution is 6.35. The molecule has 4 nitrogen and oxygen atoms in total. The maximum atomic E-state index is 12.0. The Labute approximate surface area is 133 Å². The number of amides is 1. The number of hydrogen-bond donors (Lipinski definition) is 1. The molecule has 0 bridgehead atoms. The molecule has 0 saturated heterocycles. The second kappa shape index (κ2) is 6.03. The van der Waals surface area contributed by atoms with Crippen LogP contribution in [0.5, 0.6) is 5.75 Å². The molecule has 3 rings (SSSR count). The molecule has 0 aliphatic carbocycles. The van der Waals surface area contributed by atoms with Gasteiger partial charge in [0.05, 0.1) is 12.1 Å². The van der Waals surface area contributed by atoms with Crippen LogP contribution in [0.1, 0.15) is 11.1 Å². The molecular weight excluding hydrogens is 300 g/mol. The van der Waals surface area contributed by atoms with Gasteiger partial charge in [-0.3, -0.25) is 4.79 Å². The molecule has 5 heteroatoms. The molecule has 110 valence electrons. The van der Waals surface area contributed by atoms with Crippen molar-refractivity contribution in [1.82, 2.24) is 5.32 Å². The highest BCUT2D eigenvalue weighted by atomic mass is 35.5. The first-order valence-electron chi connectivity index (χ1n) is 6.68. The van der Waals surface area contributed by atoms with Crippen molar-refractivity contribution in [2.75, 3.05) is 7.11 Å². The maximum Gasteiger partial charge on any atom is 0.275 e.